The van der Waals surface area contributed by atoms with Gasteiger partial charge in [-0.1, -0.05) is 0 Å². The van der Waals surface area contributed by atoms with Crippen molar-refractivity contribution in [2.75, 3.05) is 41.9 Å². The van der Waals surface area contributed by atoms with Gasteiger partial charge in [0.15, 0.2) is 11.5 Å². The lowest BCUT2D eigenvalue weighted by molar-refractivity contribution is -0.133. The molecule has 1 aliphatic carbocycles. The van der Waals surface area contributed by atoms with Crippen molar-refractivity contribution in [2.24, 2.45) is 0 Å². The Balaban J connectivity index is 1.03. The quantitative estimate of drug-likeness (QED) is 0.242. The second-order valence-electron chi connectivity index (χ2n) is 16.6. The van der Waals surface area contributed by atoms with Gasteiger partial charge in [0.25, 0.3) is 0 Å². The Morgan fingerprint density at radius 3 is 2.53 bits per heavy atom. The van der Waals surface area contributed by atoms with Gasteiger partial charge in [-0.25, -0.2) is 42.5 Å². The fourth-order valence-corrected chi connectivity index (χ4v) is 10.0. The van der Waals surface area contributed by atoms with Crippen molar-refractivity contribution in [1.29, 1.82) is 0 Å². The Morgan fingerprint density at radius 1 is 0.903 bits per heavy atom. The number of rotatable bonds is 6. The number of aromatic nitrogens is 11. The van der Waals surface area contributed by atoms with Gasteiger partial charge in [-0.15, -0.1) is 0 Å². The van der Waals surface area contributed by atoms with Gasteiger partial charge in [-0.05, 0) is 63.8 Å². The number of piperidine rings is 1. The van der Waals surface area contributed by atoms with Gasteiger partial charge in [0, 0.05) is 68.8 Å². The van der Waals surface area contributed by atoms with Crippen LogP contribution in [-0.2, 0) is 16.1 Å². The SMILES string of the molecule is CCO[C@H]1CN(C)C(=O)[C@@H]2C[C@@H](CN2c2nc(N3C4CC(n5cncn5)C[C@@H]3C4)nc3c2cnn3-c2ccc(F)cc2F)Nc2nccc(n2)-c2cc(F)cc3nc(C)n(c23)C1. The minimum Gasteiger partial charge on any atom is -0.375 e. The number of carbonyl (C=O) groups excluding carboxylic acids is 1. The maximum atomic E-state index is 15.5. The number of halogens is 3. The summed E-state index contributed by atoms with van der Waals surface area (Å²) in [6, 6.07) is 7.21. The number of imidazole rings is 1. The first-order valence-electron chi connectivity index (χ1n) is 20.8. The molecule has 0 radical (unpaired) electrons. The molecule has 4 fully saturated rings. The Bertz CT molecular complexity index is 2860. The number of ether oxygens (including phenoxy) is 1. The minimum absolute atomic E-state index is 0.0210. The van der Waals surface area contributed by atoms with Crippen LogP contribution in [0.5, 0.6) is 0 Å². The van der Waals surface area contributed by atoms with Gasteiger partial charge in [-0.3, -0.25) is 4.79 Å². The zero-order valence-corrected chi connectivity index (χ0v) is 34.1. The van der Waals surface area contributed by atoms with Crippen LogP contribution in [0.25, 0.3) is 39.0 Å². The minimum atomic E-state index is -0.801. The largest absolute Gasteiger partial charge is 0.375 e. The molecule has 1 saturated carbocycles. The Labute approximate surface area is 352 Å². The van der Waals surface area contributed by atoms with Gasteiger partial charge in [0.2, 0.25) is 17.8 Å². The average Bonchev–Trinajstić information content (AvgIpc) is 4.07. The number of hydrogen-bond acceptors (Lipinski definition) is 13. The summed E-state index contributed by atoms with van der Waals surface area (Å²) in [7, 11) is 1.76. The van der Waals surface area contributed by atoms with Crippen molar-refractivity contribution in [3.8, 4) is 16.9 Å². The topological polar surface area (TPSA) is 166 Å². The second-order valence-corrected chi connectivity index (χ2v) is 16.6. The summed E-state index contributed by atoms with van der Waals surface area (Å²) in [6.07, 6.45) is 8.90. The van der Waals surface area contributed by atoms with Crippen LogP contribution in [0.3, 0.4) is 0 Å². The number of hydrogen-bond donors (Lipinski definition) is 1. The van der Waals surface area contributed by atoms with Crippen molar-refractivity contribution < 1.29 is 22.7 Å². The molecule has 3 saturated heterocycles. The third kappa shape index (κ3) is 6.37. The number of carbonyl (C=O) groups is 1. The van der Waals surface area contributed by atoms with E-state index >= 15 is 8.78 Å². The number of anilines is 3. The van der Waals surface area contributed by atoms with Crippen molar-refractivity contribution in [3.63, 3.8) is 0 Å². The molecule has 5 aromatic heterocycles. The molecule has 5 aliphatic rings. The lowest BCUT2D eigenvalue weighted by atomic mass is 9.77. The summed E-state index contributed by atoms with van der Waals surface area (Å²) in [5.74, 6) is -0.282. The summed E-state index contributed by atoms with van der Waals surface area (Å²) in [5.41, 5.74) is 2.59. The fourth-order valence-electron chi connectivity index (χ4n) is 10.0. The van der Waals surface area contributed by atoms with Crippen molar-refractivity contribution in [3.05, 3.63) is 84.7 Å². The molecule has 17 nitrogen and oxygen atoms in total. The Kier molecular flexibility index (Phi) is 9.09. The molecule has 9 heterocycles. The van der Waals surface area contributed by atoms with Crippen LogP contribution in [0.1, 0.15) is 44.5 Å². The molecule has 20 heteroatoms. The highest BCUT2D eigenvalue weighted by Gasteiger charge is 2.48. The molecule has 7 aromatic rings. The summed E-state index contributed by atoms with van der Waals surface area (Å²) in [5, 5.41) is 12.9. The molecule has 2 aromatic carbocycles. The lowest BCUT2D eigenvalue weighted by Crippen LogP contribution is -2.62. The van der Waals surface area contributed by atoms with E-state index in [2.05, 4.69) is 30.4 Å². The summed E-state index contributed by atoms with van der Waals surface area (Å²) in [4.78, 5) is 49.4. The number of fused-ring (bicyclic) bond motifs is 8. The predicted octanol–water partition coefficient (Wildman–Crippen LogP) is 4.86. The molecule has 0 spiro atoms. The molecule has 318 valence electrons. The maximum Gasteiger partial charge on any atom is 0.245 e. The van der Waals surface area contributed by atoms with E-state index in [1.54, 1.807) is 36.7 Å². The molecule has 2 unspecified atom stereocenters. The Morgan fingerprint density at radius 2 is 1.74 bits per heavy atom. The van der Waals surface area contributed by atoms with Crippen LogP contribution in [0.2, 0.25) is 0 Å². The molecule has 1 amide bonds. The van der Waals surface area contributed by atoms with E-state index in [0.29, 0.717) is 83.0 Å². The van der Waals surface area contributed by atoms with E-state index in [9.17, 15) is 9.18 Å². The van der Waals surface area contributed by atoms with Gasteiger partial charge in [-0.2, -0.15) is 20.2 Å². The molecular formula is C42H42F3N15O2. The van der Waals surface area contributed by atoms with Gasteiger partial charge < -0.3 is 29.3 Å². The molecule has 4 aliphatic heterocycles. The van der Waals surface area contributed by atoms with Gasteiger partial charge in [0.1, 0.15) is 47.7 Å². The monoisotopic (exact) mass is 845 g/mol. The first-order valence-corrected chi connectivity index (χ1v) is 20.8. The number of likely N-dealkylation sites (N-methyl/N-ethyl adjacent to an activating group) is 1. The third-order valence-electron chi connectivity index (χ3n) is 12.8. The zero-order valence-electron chi connectivity index (χ0n) is 34.1. The summed E-state index contributed by atoms with van der Waals surface area (Å²) < 4.78 is 56.4. The smallest absolute Gasteiger partial charge is 0.245 e. The van der Waals surface area contributed by atoms with Crippen molar-refractivity contribution >= 4 is 45.7 Å². The van der Waals surface area contributed by atoms with Crippen LogP contribution in [0.4, 0.5) is 30.9 Å². The molecule has 1 N–H and O–H groups in total. The maximum absolute atomic E-state index is 15.5. The van der Waals surface area contributed by atoms with Crippen LogP contribution in [-0.4, -0.2) is 122 Å². The van der Waals surface area contributed by atoms with Crippen LogP contribution in [0.15, 0.2) is 61.4 Å². The predicted molar refractivity (Wildman–Crippen MR) is 221 cm³/mol. The highest BCUT2D eigenvalue weighted by atomic mass is 19.1. The number of amides is 1. The third-order valence-corrected chi connectivity index (χ3v) is 12.8. The highest BCUT2D eigenvalue weighted by molar-refractivity contribution is 5.94. The van der Waals surface area contributed by atoms with Gasteiger partial charge in [0.05, 0.1) is 47.0 Å². The van der Waals surface area contributed by atoms with E-state index in [0.717, 1.165) is 25.3 Å². The zero-order chi connectivity index (χ0) is 42.4. The number of nitrogens with one attached hydrogen (secondary N) is 1. The summed E-state index contributed by atoms with van der Waals surface area (Å²) >= 11 is 0. The van der Waals surface area contributed by atoms with E-state index in [1.807, 2.05) is 28.0 Å². The highest BCUT2D eigenvalue weighted by Crippen LogP contribution is 2.46. The van der Waals surface area contributed by atoms with Gasteiger partial charge >= 0.3 is 0 Å². The molecule has 12 rings (SSSR count). The first kappa shape index (κ1) is 38.2. The number of nitrogens with zero attached hydrogens (tertiary/aromatic N) is 14. The first-order chi connectivity index (χ1) is 30.1. The van der Waals surface area contributed by atoms with Crippen molar-refractivity contribution in [1.82, 2.24) is 58.9 Å². The van der Waals surface area contributed by atoms with E-state index in [-0.39, 0.29) is 42.3 Å². The van der Waals surface area contributed by atoms with Crippen LogP contribution in [0, 0.1) is 24.4 Å². The number of aryl methyl sites for hydroxylation is 1. The number of benzene rings is 2. The second kappa shape index (κ2) is 14.7. The lowest BCUT2D eigenvalue weighted by Gasteiger charge is -2.55. The standard InChI is InChI=1S/C42H42F3N15O2/c1-4-62-29-18-55(3)40(61)36-12-25(51-41-47-8-7-33(52-41)30-9-24(44)11-34-37(30)56(19-29)22(2)50-34)17-57(36)38-31-16-48-60(35-6-5-23(43)10-32(35)45)39(31)54-42(53-38)59-27-13-26(14-28(59)15-27)58-21-46-20-49-58/h5-11,16,20-21,25-29,36H,4,12-15,17-19H2,1-3H3,(H,47,51,52)/t25-,26?,27+,28?,29-,36-/m0/s1. The van der Waals surface area contributed by atoms with Crippen molar-refractivity contribution in [2.45, 2.75) is 82.4 Å². The van der Waals surface area contributed by atoms with Crippen LogP contribution < -0.4 is 15.1 Å². The Hall–Kier alpha value is -6.70. The van der Waals surface area contributed by atoms with E-state index < -0.39 is 29.6 Å². The van der Waals surface area contributed by atoms with E-state index in [4.69, 9.17) is 24.7 Å². The molecule has 6 bridgehead atoms. The molecule has 62 heavy (non-hydrogen) atoms. The molecular weight excluding hydrogens is 804 g/mol. The molecule has 6 atom stereocenters. The normalized spacial score (nSPS) is 23.7. The van der Waals surface area contributed by atoms with Crippen LogP contribution >= 0.6 is 0 Å². The summed E-state index contributed by atoms with van der Waals surface area (Å²) in [6.45, 7) is 5.05. The van der Waals surface area contributed by atoms with E-state index in [1.165, 1.54) is 35.3 Å². The average molecular weight is 846 g/mol. The fraction of sp³-hybridized carbons (Fsp3) is 0.405.